The molecule has 7 nitrogen and oxygen atoms in total. The van der Waals surface area contributed by atoms with E-state index in [2.05, 4.69) is 10.3 Å². The average molecular weight is 234 g/mol. The number of nitrogens with one attached hydrogen (secondary N) is 1. The molecule has 1 unspecified atom stereocenters. The molecule has 7 heteroatoms. The summed E-state index contributed by atoms with van der Waals surface area (Å²) in [5.74, 6) is -0.202. The van der Waals surface area contributed by atoms with Gasteiger partial charge in [-0.3, -0.25) is 20.2 Å². The van der Waals surface area contributed by atoms with Gasteiger partial charge in [-0.2, -0.15) is 0 Å². The van der Waals surface area contributed by atoms with Gasteiger partial charge < -0.3 is 5.73 Å². The highest BCUT2D eigenvalue weighted by atomic mass is 16.6. The molecule has 1 aromatic rings. The van der Waals surface area contributed by atoms with E-state index in [4.69, 9.17) is 5.73 Å². The van der Waals surface area contributed by atoms with E-state index < -0.39 is 11.0 Å². The number of carbonyl (C=O) groups is 1. The van der Waals surface area contributed by atoms with Gasteiger partial charge in [0.1, 0.15) is 0 Å². The summed E-state index contributed by atoms with van der Waals surface area (Å²) in [6.07, 6.45) is 0.141. The number of nitrogens with zero attached hydrogens (tertiary/aromatic N) is 2. The molecule has 0 aromatic heterocycles. The zero-order chi connectivity index (χ0) is 12.4. The molecular formula is C10H10N4O3. The second kappa shape index (κ2) is 4.20. The number of carbonyl (C=O) groups excluding carboxylic acids is 1. The van der Waals surface area contributed by atoms with Crippen molar-refractivity contribution in [3.63, 3.8) is 0 Å². The van der Waals surface area contributed by atoms with Crippen molar-refractivity contribution in [2.45, 2.75) is 12.5 Å². The Labute approximate surface area is 96.5 Å². The molecule has 0 bridgehead atoms. The van der Waals surface area contributed by atoms with Gasteiger partial charge in [-0.05, 0) is 5.56 Å². The third-order valence-corrected chi connectivity index (χ3v) is 2.41. The van der Waals surface area contributed by atoms with Gasteiger partial charge in [0, 0.05) is 12.1 Å². The Morgan fingerprint density at radius 3 is 2.94 bits per heavy atom. The van der Waals surface area contributed by atoms with Crippen LogP contribution in [0.15, 0.2) is 29.3 Å². The molecule has 0 spiro atoms. The fourth-order valence-corrected chi connectivity index (χ4v) is 1.65. The van der Waals surface area contributed by atoms with E-state index in [0.717, 1.165) is 0 Å². The zero-order valence-corrected chi connectivity index (χ0v) is 8.79. The molecule has 1 amide bonds. The van der Waals surface area contributed by atoms with Crippen LogP contribution < -0.4 is 11.1 Å². The molecule has 88 valence electrons. The quantitative estimate of drug-likeness (QED) is 0.572. The third kappa shape index (κ3) is 2.39. The molecule has 0 saturated carbocycles. The van der Waals surface area contributed by atoms with E-state index in [9.17, 15) is 14.9 Å². The van der Waals surface area contributed by atoms with Gasteiger partial charge in [0.25, 0.3) is 5.69 Å². The first kappa shape index (κ1) is 11.1. The van der Waals surface area contributed by atoms with Gasteiger partial charge >= 0.3 is 0 Å². The molecule has 1 aliphatic heterocycles. The number of non-ortho nitro benzene ring substituents is 1. The second-order valence-electron chi connectivity index (χ2n) is 3.63. The largest absolute Gasteiger partial charge is 0.370 e. The highest BCUT2D eigenvalue weighted by Crippen LogP contribution is 2.26. The number of nitrogens with two attached hydrogens (primary N) is 1. The fraction of sp³-hybridized carbons (Fsp3) is 0.200. The number of rotatable bonds is 2. The minimum absolute atomic E-state index is 0.0257. The molecular weight excluding hydrogens is 224 g/mol. The van der Waals surface area contributed by atoms with Crippen LogP contribution in [-0.4, -0.2) is 16.8 Å². The normalized spacial score (nSPS) is 19.4. The predicted octanol–water partition coefficient (Wildman–Crippen LogP) is 0.470. The topological polar surface area (TPSA) is 111 Å². The first-order valence-electron chi connectivity index (χ1n) is 4.94. The Hall–Kier alpha value is -2.44. The predicted molar refractivity (Wildman–Crippen MR) is 60.2 cm³/mol. The summed E-state index contributed by atoms with van der Waals surface area (Å²) in [5, 5.41) is 13.0. The molecule has 0 saturated heterocycles. The second-order valence-corrected chi connectivity index (χ2v) is 3.63. The van der Waals surface area contributed by atoms with E-state index >= 15 is 0 Å². The molecule has 0 aliphatic carbocycles. The summed E-state index contributed by atoms with van der Waals surface area (Å²) in [6.45, 7) is 0. The van der Waals surface area contributed by atoms with Gasteiger partial charge in [0.15, 0.2) is 5.96 Å². The van der Waals surface area contributed by atoms with E-state index in [1.807, 2.05) is 0 Å². The lowest BCUT2D eigenvalue weighted by molar-refractivity contribution is -0.384. The summed E-state index contributed by atoms with van der Waals surface area (Å²) in [7, 11) is 0. The molecule has 1 atom stereocenters. The van der Waals surface area contributed by atoms with Crippen molar-refractivity contribution < 1.29 is 9.72 Å². The number of aliphatic imine (C=N–C) groups is 1. The molecule has 1 aliphatic rings. The maximum atomic E-state index is 11.3. The number of nitro benzene ring substituents is 1. The minimum atomic E-state index is -0.487. The molecule has 2 rings (SSSR count). The minimum Gasteiger partial charge on any atom is -0.370 e. The van der Waals surface area contributed by atoms with Crippen LogP contribution in [0.4, 0.5) is 5.69 Å². The van der Waals surface area contributed by atoms with Crippen molar-refractivity contribution in [3.05, 3.63) is 39.9 Å². The number of hydrogen-bond donors (Lipinski definition) is 2. The Morgan fingerprint density at radius 2 is 2.29 bits per heavy atom. The van der Waals surface area contributed by atoms with Gasteiger partial charge in [0.2, 0.25) is 5.91 Å². The smallest absolute Gasteiger partial charge is 0.269 e. The zero-order valence-electron chi connectivity index (χ0n) is 8.79. The van der Waals surface area contributed by atoms with Crippen LogP contribution in [0.2, 0.25) is 0 Å². The first-order valence-corrected chi connectivity index (χ1v) is 4.94. The van der Waals surface area contributed by atoms with Crippen molar-refractivity contribution >= 4 is 17.6 Å². The Kier molecular flexibility index (Phi) is 2.73. The first-order chi connectivity index (χ1) is 8.06. The summed E-state index contributed by atoms with van der Waals surface area (Å²) >= 11 is 0. The van der Waals surface area contributed by atoms with Crippen molar-refractivity contribution in [2.24, 2.45) is 10.7 Å². The van der Waals surface area contributed by atoms with Crippen LogP contribution >= 0.6 is 0 Å². The van der Waals surface area contributed by atoms with Crippen molar-refractivity contribution in [1.29, 1.82) is 0 Å². The monoisotopic (exact) mass is 234 g/mol. The number of hydrogen-bond acceptors (Lipinski definition) is 5. The van der Waals surface area contributed by atoms with Crippen molar-refractivity contribution in [3.8, 4) is 0 Å². The lowest BCUT2D eigenvalue weighted by Gasteiger charge is -2.18. The molecule has 3 N–H and O–H groups in total. The van der Waals surface area contributed by atoms with Crippen LogP contribution in [0.25, 0.3) is 0 Å². The van der Waals surface area contributed by atoms with E-state index in [0.29, 0.717) is 5.56 Å². The summed E-state index contributed by atoms with van der Waals surface area (Å²) in [4.78, 5) is 25.5. The van der Waals surface area contributed by atoms with Crippen LogP contribution in [0.3, 0.4) is 0 Å². The lowest BCUT2D eigenvalue weighted by Crippen LogP contribution is -2.41. The number of amides is 1. The Balaban J connectivity index is 2.34. The lowest BCUT2D eigenvalue weighted by atomic mass is 10.0. The number of guanidine groups is 1. The summed E-state index contributed by atoms with van der Waals surface area (Å²) in [5.41, 5.74) is 6.02. The van der Waals surface area contributed by atoms with Crippen LogP contribution in [0.5, 0.6) is 0 Å². The van der Waals surface area contributed by atoms with E-state index in [-0.39, 0.29) is 24.0 Å². The Bertz CT molecular complexity index is 512. The molecule has 1 aromatic carbocycles. The van der Waals surface area contributed by atoms with E-state index in [1.165, 1.54) is 12.1 Å². The fourth-order valence-electron chi connectivity index (χ4n) is 1.65. The Morgan fingerprint density at radius 1 is 1.53 bits per heavy atom. The number of benzene rings is 1. The molecule has 1 heterocycles. The summed E-state index contributed by atoms with van der Waals surface area (Å²) in [6, 6.07) is 5.58. The summed E-state index contributed by atoms with van der Waals surface area (Å²) < 4.78 is 0. The highest BCUT2D eigenvalue weighted by molar-refractivity contribution is 5.98. The van der Waals surface area contributed by atoms with Crippen LogP contribution in [0.1, 0.15) is 18.0 Å². The van der Waals surface area contributed by atoms with Crippen LogP contribution in [-0.2, 0) is 4.79 Å². The third-order valence-electron chi connectivity index (χ3n) is 2.41. The van der Waals surface area contributed by atoms with E-state index in [1.54, 1.807) is 12.1 Å². The van der Waals surface area contributed by atoms with Gasteiger partial charge in [-0.15, -0.1) is 0 Å². The van der Waals surface area contributed by atoms with Crippen LogP contribution in [0, 0.1) is 10.1 Å². The highest BCUT2D eigenvalue weighted by Gasteiger charge is 2.22. The SMILES string of the molecule is NC1=NC(c2cccc([N+](=O)[O-])c2)CC(=O)N1. The van der Waals surface area contributed by atoms with Gasteiger partial charge in [0.05, 0.1) is 17.4 Å². The van der Waals surface area contributed by atoms with Gasteiger partial charge in [-0.1, -0.05) is 12.1 Å². The van der Waals surface area contributed by atoms with Crippen molar-refractivity contribution in [1.82, 2.24) is 5.32 Å². The van der Waals surface area contributed by atoms with Gasteiger partial charge in [-0.25, -0.2) is 4.99 Å². The average Bonchev–Trinajstić information content (AvgIpc) is 2.28. The molecule has 0 radical (unpaired) electrons. The maximum absolute atomic E-state index is 11.3. The maximum Gasteiger partial charge on any atom is 0.269 e. The molecule has 17 heavy (non-hydrogen) atoms. The number of nitro groups is 1. The standard InChI is InChI=1S/C10H10N4O3/c11-10-12-8(5-9(15)13-10)6-2-1-3-7(4-6)14(16)17/h1-4,8H,5H2,(H3,11,12,13,15). The molecule has 0 fully saturated rings. The van der Waals surface area contributed by atoms with Crippen molar-refractivity contribution in [2.75, 3.05) is 0 Å².